The van der Waals surface area contributed by atoms with Gasteiger partial charge in [0, 0.05) is 11.3 Å². The third-order valence-corrected chi connectivity index (χ3v) is 5.35. The average Bonchev–Trinajstić information content (AvgIpc) is 3.03. The van der Waals surface area contributed by atoms with E-state index in [1.807, 2.05) is 13.8 Å². The number of hydrogen-bond acceptors (Lipinski definition) is 7. The normalized spacial score (nSPS) is 11.3. The number of nitrogens with zero attached hydrogens (tertiary/aromatic N) is 1. The summed E-state index contributed by atoms with van der Waals surface area (Å²) in [6.45, 7) is 4.69. The number of amides is 1. The molecule has 2 aromatic carbocycles. The molecule has 2 N–H and O–H groups in total. The summed E-state index contributed by atoms with van der Waals surface area (Å²) >= 11 is 1.19. The number of hydrogen-bond donors (Lipinski definition) is 2. The van der Waals surface area contributed by atoms with E-state index in [9.17, 15) is 13.2 Å². The van der Waals surface area contributed by atoms with Gasteiger partial charge in [0.25, 0.3) is 5.91 Å². The molecule has 0 spiro atoms. The highest BCUT2D eigenvalue weighted by Crippen LogP contribution is 2.31. The zero-order chi connectivity index (χ0) is 21.0. The smallest absolute Gasteiger partial charge is 0.255 e. The first-order valence-electron chi connectivity index (χ1n) is 8.88. The molecule has 0 unspecified atom stereocenters. The van der Waals surface area contributed by atoms with Gasteiger partial charge in [-0.15, -0.1) is 0 Å². The van der Waals surface area contributed by atoms with Crippen molar-refractivity contribution < 1.29 is 22.7 Å². The first kappa shape index (κ1) is 20.9. The number of nitrogens with one attached hydrogen (secondary N) is 2. The van der Waals surface area contributed by atoms with Crippen molar-refractivity contribution in [3.05, 3.63) is 42.0 Å². The molecule has 0 aliphatic heterocycles. The highest BCUT2D eigenvalue weighted by Gasteiger charge is 2.13. The number of benzene rings is 2. The Morgan fingerprint density at radius 3 is 2.48 bits per heavy atom. The van der Waals surface area contributed by atoms with Crippen LogP contribution in [0, 0.1) is 0 Å². The van der Waals surface area contributed by atoms with Crippen LogP contribution < -0.4 is 19.5 Å². The van der Waals surface area contributed by atoms with Crippen LogP contribution in [0.1, 0.15) is 24.2 Å². The molecule has 0 aliphatic carbocycles. The van der Waals surface area contributed by atoms with Crippen molar-refractivity contribution >= 4 is 48.3 Å². The molecule has 1 aromatic heterocycles. The van der Waals surface area contributed by atoms with E-state index in [4.69, 9.17) is 9.47 Å². The summed E-state index contributed by atoms with van der Waals surface area (Å²) in [5, 5.41) is 3.11. The van der Waals surface area contributed by atoms with E-state index < -0.39 is 10.0 Å². The van der Waals surface area contributed by atoms with Crippen LogP contribution in [0.25, 0.3) is 10.2 Å². The topological polar surface area (TPSA) is 107 Å². The summed E-state index contributed by atoms with van der Waals surface area (Å²) in [5.41, 5.74) is 1.64. The molecule has 1 heterocycles. The van der Waals surface area contributed by atoms with Crippen molar-refractivity contribution in [1.82, 2.24) is 4.98 Å². The summed E-state index contributed by atoms with van der Waals surface area (Å²) in [5.74, 6) is 0.798. The minimum Gasteiger partial charge on any atom is -0.490 e. The van der Waals surface area contributed by atoms with E-state index in [0.29, 0.717) is 41.5 Å². The number of aromatic nitrogens is 1. The lowest BCUT2D eigenvalue weighted by atomic mass is 10.1. The lowest BCUT2D eigenvalue weighted by molar-refractivity contribution is 0.102. The minimum atomic E-state index is -3.40. The van der Waals surface area contributed by atoms with Gasteiger partial charge in [-0.25, -0.2) is 13.4 Å². The van der Waals surface area contributed by atoms with Crippen LogP contribution in [-0.4, -0.2) is 38.8 Å². The van der Waals surface area contributed by atoms with E-state index in [0.717, 1.165) is 11.0 Å². The highest BCUT2D eigenvalue weighted by atomic mass is 32.2. The van der Waals surface area contributed by atoms with Crippen LogP contribution in [0.5, 0.6) is 11.5 Å². The van der Waals surface area contributed by atoms with Gasteiger partial charge in [0.2, 0.25) is 10.0 Å². The molecule has 3 aromatic rings. The van der Waals surface area contributed by atoms with Crippen LogP contribution >= 0.6 is 11.3 Å². The number of sulfonamides is 1. The second-order valence-electron chi connectivity index (χ2n) is 6.06. The third kappa shape index (κ3) is 5.36. The Morgan fingerprint density at radius 1 is 1.07 bits per heavy atom. The molecule has 0 aliphatic rings. The Kier molecular flexibility index (Phi) is 6.23. The molecule has 10 heteroatoms. The van der Waals surface area contributed by atoms with Crippen LogP contribution in [0.15, 0.2) is 36.4 Å². The Bertz CT molecular complexity index is 1140. The van der Waals surface area contributed by atoms with E-state index in [1.165, 1.54) is 11.3 Å². The maximum atomic E-state index is 12.7. The maximum absolute atomic E-state index is 12.7. The molecule has 0 radical (unpaired) electrons. The van der Waals surface area contributed by atoms with Crippen LogP contribution in [-0.2, 0) is 10.0 Å². The molecule has 8 nitrogen and oxygen atoms in total. The van der Waals surface area contributed by atoms with E-state index in [-0.39, 0.29) is 11.0 Å². The second kappa shape index (κ2) is 8.66. The van der Waals surface area contributed by atoms with Crippen molar-refractivity contribution in [3.63, 3.8) is 0 Å². The SMILES string of the molecule is CCOc1ccc(C(=O)Nc2ccc3nc(NS(C)(=O)=O)sc3c2)cc1OCC. The van der Waals surface area contributed by atoms with Crippen LogP contribution in [0.4, 0.5) is 10.8 Å². The van der Waals surface area contributed by atoms with Crippen LogP contribution in [0.3, 0.4) is 0 Å². The van der Waals surface area contributed by atoms with Crippen LogP contribution in [0.2, 0.25) is 0 Å². The maximum Gasteiger partial charge on any atom is 0.255 e. The Hall–Kier alpha value is -2.85. The number of anilines is 2. The molecular weight excluding hydrogens is 414 g/mol. The fourth-order valence-corrected chi connectivity index (χ4v) is 4.34. The Balaban J connectivity index is 1.81. The van der Waals surface area contributed by atoms with Gasteiger partial charge in [-0.3, -0.25) is 9.52 Å². The molecule has 0 saturated heterocycles. The van der Waals surface area contributed by atoms with Gasteiger partial charge in [0.15, 0.2) is 16.6 Å². The van der Waals surface area contributed by atoms with Gasteiger partial charge >= 0.3 is 0 Å². The third-order valence-electron chi connectivity index (χ3n) is 3.72. The average molecular weight is 436 g/mol. The predicted molar refractivity (Wildman–Crippen MR) is 115 cm³/mol. The van der Waals surface area contributed by atoms with Crippen molar-refractivity contribution in [2.75, 3.05) is 29.5 Å². The van der Waals surface area contributed by atoms with E-state index >= 15 is 0 Å². The summed E-state index contributed by atoms with van der Waals surface area (Å²) < 4.78 is 36.9. The van der Waals surface area contributed by atoms with Gasteiger partial charge in [-0.2, -0.15) is 0 Å². The molecule has 0 atom stereocenters. The monoisotopic (exact) mass is 435 g/mol. The van der Waals surface area contributed by atoms with Gasteiger partial charge in [0.1, 0.15) is 0 Å². The molecule has 154 valence electrons. The molecule has 1 amide bonds. The first-order chi connectivity index (χ1) is 13.8. The van der Waals surface area contributed by atoms with Crippen molar-refractivity contribution in [2.24, 2.45) is 0 Å². The summed E-state index contributed by atoms with van der Waals surface area (Å²) in [4.78, 5) is 16.9. The lowest BCUT2D eigenvalue weighted by Crippen LogP contribution is -2.12. The number of fused-ring (bicyclic) bond motifs is 1. The number of carbonyl (C=O) groups excluding carboxylic acids is 1. The van der Waals surface area contributed by atoms with Gasteiger partial charge in [-0.05, 0) is 50.2 Å². The quantitative estimate of drug-likeness (QED) is 0.559. The fourth-order valence-electron chi connectivity index (χ4n) is 2.60. The van der Waals surface area contributed by atoms with E-state index in [1.54, 1.807) is 36.4 Å². The molecule has 3 rings (SSSR count). The standard InChI is InChI=1S/C19H21N3O5S2/c1-4-26-15-9-6-12(10-16(15)27-5-2)18(23)20-13-7-8-14-17(11-13)28-19(21-14)22-29(3,24)25/h6-11H,4-5H2,1-3H3,(H,20,23)(H,21,22). The first-order valence-corrected chi connectivity index (χ1v) is 11.6. The van der Waals surface area contributed by atoms with Gasteiger partial charge in [-0.1, -0.05) is 11.3 Å². The molecule has 0 bridgehead atoms. The number of rotatable bonds is 8. The minimum absolute atomic E-state index is 0.277. The number of carbonyl (C=O) groups is 1. The highest BCUT2D eigenvalue weighted by molar-refractivity contribution is 7.92. The zero-order valence-electron chi connectivity index (χ0n) is 16.2. The molecule has 0 fully saturated rings. The molecule has 29 heavy (non-hydrogen) atoms. The van der Waals surface area contributed by atoms with Gasteiger partial charge < -0.3 is 14.8 Å². The fraction of sp³-hybridized carbons (Fsp3) is 0.263. The van der Waals surface area contributed by atoms with Crippen molar-refractivity contribution in [1.29, 1.82) is 0 Å². The van der Waals surface area contributed by atoms with Crippen molar-refractivity contribution in [3.8, 4) is 11.5 Å². The lowest BCUT2D eigenvalue weighted by Gasteiger charge is -2.12. The number of ether oxygens (including phenoxy) is 2. The predicted octanol–water partition coefficient (Wildman–Crippen LogP) is 3.72. The second-order valence-corrected chi connectivity index (χ2v) is 8.84. The van der Waals surface area contributed by atoms with Crippen molar-refractivity contribution in [2.45, 2.75) is 13.8 Å². The summed E-state index contributed by atoms with van der Waals surface area (Å²) in [6.07, 6.45) is 1.07. The summed E-state index contributed by atoms with van der Waals surface area (Å²) in [6, 6.07) is 10.2. The molecule has 0 saturated carbocycles. The van der Waals surface area contributed by atoms with Gasteiger partial charge in [0.05, 0.1) is 29.7 Å². The number of thiazole rings is 1. The summed E-state index contributed by atoms with van der Waals surface area (Å²) in [7, 11) is -3.40. The zero-order valence-corrected chi connectivity index (χ0v) is 17.8. The largest absolute Gasteiger partial charge is 0.490 e. The Morgan fingerprint density at radius 2 is 1.79 bits per heavy atom. The van der Waals surface area contributed by atoms with E-state index in [2.05, 4.69) is 15.0 Å². The molecular formula is C19H21N3O5S2. The Labute approximate surface area is 172 Å².